The number of allylic oxidation sites excluding steroid dienone is 1. The van der Waals surface area contributed by atoms with Gasteiger partial charge in [0.05, 0.1) is 17.7 Å². The molecule has 1 aromatic carbocycles. The van der Waals surface area contributed by atoms with Gasteiger partial charge in [-0.15, -0.1) is 6.58 Å². The molecular formula is C20H21F3N2O3. The van der Waals surface area contributed by atoms with Crippen molar-refractivity contribution in [1.82, 2.24) is 4.57 Å². The third-order valence-corrected chi connectivity index (χ3v) is 4.22. The summed E-state index contributed by atoms with van der Waals surface area (Å²) in [6.45, 7) is 9.01. The second kappa shape index (κ2) is 8.33. The van der Waals surface area contributed by atoms with Crippen molar-refractivity contribution in [2.75, 3.05) is 11.9 Å². The summed E-state index contributed by atoms with van der Waals surface area (Å²) < 4.78 is 45.3. The molecule has 0 radical (unpaired) electrons. The molecule has 0 fully saturated rings. The molecule has 2 aromatic rings. The van der Waals surface area contributed by atoms with Crippen LogP contribution in [-0.2, 0) is 17.5 Å². The number of benzene rings is 1. The van der Waals surface area contributed by atoms with Gasteiger partial charge in [0.25, 0.3) is 5.91 Å². The Morgan fingerprint density at radius 1 is 1.29 bits per heavy atom. The fraction of sp³-hybridized carbons (Fsp3) is 0.300. The molecule has 0 unspecified atom stereocenters. The maximum Gasteiger partial charge on any atom is 0.416 e. The van der Waals surface area contributed by atoms with Gasteiger partial charge in [0.1, 0.15) is 5.69 Å². The fourth-order valence-corrected chi connectivity index (χ4v) is 3.02. The van der Waals surface area contributed by atoms with Crippen LogP contribution in [0, 0.1) is 13.8 Å². The number of esters is 1. The Morgan fingerprint density at radius 2 is 1.96 bits per heavy atom. The van der Waals surface area contributed by atoms with Crippen LogP contribution in [0.5, 0.6) is 0 Å². The zero-order valence-electron chi connectivity index (χ0n) is 15.8. The van der Waals surface area contributed by atoms with Crippen LogP contribution in [0.3, 0.4) is 0 Å². The first-order valence-corrected chi connectivity index (χ1v) is 8.58. The second-order valence-electron chi connectivity index (χ2n) is 6.09. The molecule has 28 heavy (non-hydrogen) atoms. The van der Waals surface area contributed by atoms with Crippen LogP contribution in [0.1, 0.15) is 44.6 Å². The van der Waals surface area contributed by atoms with Gasteiger partial charge in [-0.25, -0.2) is 4.79 Å². The summed E-state index contributed by atoms with van der Waals surface area (Å²) in [6.07, 6.45) is -2.94. The maximum absolute atomic E-state index is 12.9. The molecule has 2 rings (SSSR count). The molecule has 0 saturated carbocycles. The molecule has 0 aliphatic carbocycles. The lowest BCUT2D eigenvalue weighted by molar-refractivity contribution is -0.137. The van der Waals surface area contributed by atoms with E-state index in [0.717, 1.165) is 12.1 Å². The van der Waals surface area contributed by atoms with Gasteiger partial charge < -0.3 is 14.6 Å². The molecule has 0 saturated heterocycles. The predicted molar refractivity (Wildman–Crippen MR) is 99.5 cm³/mol. The second-order valence-corrected chi connectivity index (χ2v) is 6.09. The number of hydrogen-bond acceptors (Lipinski definition) is 3. The molecule has 0 spiro atoms. The average molecular weight is 394 g/mol. The molecule has 0 bridgehead atoms. The number of anilines is 1. The lowest BCUT2D eigenvalue weighted by Gasteiger charge is -2.10. The quantitative estimate of drug-likeness (QED) is 0.569. The van der Waals surface area contributed by atoms with E-state index >= 15 is 0 Å². The Morgan fingerprint density at radius 3 is 2.54 bits per heavy atom. The first kappa shape index (κ1) is 21.3. The molecule has 8 heteroatoms. The van der Waals surface area contributed by atoms with Gasteiger partial charge in [0.15, 0.2) is 0 Å². The van der Waals surface area contributed by atoms with Crippen LogP contribution in [0.25, 0.3) is 0 Å². The van der Waals surface area contributed by atoms with Crippen LogP contribution in [0.15, 0.2) is 36.9 Å². The summed E-state index contributed by atoms with van der Waals surface area (Å²) in [5.74, 6) is -1.19. The highest BCUT2D eigenvalue weighted by atomic mass is 19.4. The number of ether oxygens (including phenoxy) is 1. The number of halogens is 3. The summed E-state index contributed by atoms with van der Waals surface area (Å²) >= 11 is 0. The number of nitrogens with zero attached hydrogens (tertiary/aromatic N) is 1. The lowest BCUT2D eigenvalue weighted by Crippen LogP contribution is -2.15. The third-order valence-electron chi connectivity index (χ3n) is 4.22. The number of rotatable bonds is 6. The third kappa shape index (κ3) is 4.27. The summed E-state index contributed by atoms with van der Waals surface area (Å²) in [7, 11) is 0. The van der Waals surface area contributed by atoms with Crippen molar-refractivity contribution >= 4 is 17.6 Å². The SMILES string of the molecule is C=CCn1c(C)c(C(=O)Nc2cccc(C(F)(F)F)c2)c(C)c1C(=O)OCC. The van der Waals surface area contributed by atoms with Crippen molar-refractivity contribution in [2.45, 2.75) is 33.5 Å². The highest BCUT2D eigenvalue weighted by Crippen LogP contribution is 2.31. The van der Waals surface area contributed by atoms with Crippen molar-refractivity contribution in [3.8, 4) is 0 Å². The Hall–Kier alpha value is -3.03. The number of aromatic nitrogens is 1. The fourth-order valence-electron chi connectivity index (χ4n) is 3.02. The number of hydrogen-bond donors (Lipinski definition) is 1. The molecule has 150 valence electrons. The Bertz CT molecular complexity index is 914. The van der Waals surface area contributed by atoms with Crippen LogP contribution >= 0.6 is 0 Å². The summed E-state index contributed by atoms with van der Waals surface area (Å²) in [5, 5.41) is 2.48. The molecule has 1 heterocycles. The monoisotopic (exact) mass is 394 g/mol. The minimum Gasteiger partial charge on any atom is -0.461 e. The average Bonchev–Trinajstić information content (AvgIpc) is 2.85. The topological polar surface area (TPSA) is 60.3 Å². The van der Waals surface area contributed by atoms with E-state index in [1.807, 2.05) is 0 Å². The zero-order valence-corrected chi connectivity index (χ0v) is 15.8. The predicted octanol–water partition coefficient (Wildman–Crippen LogP) is 4.74. The van der Waals surface area contributed by atoms with Crippen molar-refractivity contribution in [2.24, 2.45) is 0 Å². The number of nitrogens with one attached hydrogen (secondary N) is 1. The first-order valence-electron chi connectivity index (χ1n) is 8.58. The van der Waals surface area contributed by atoms with Gasteiger partial charge >= 0.3 is 12.1 Å². The Labute approximate surface area is 160 Å². The molecular weight excluding hydrogens is 373 g/mol. The molecule has 1 aromatic heterocycles. The summed E-state index contributed by atoms with van der Waals surface area (Å²) in [4.78, 5) is 25.1. The van der Waals surface area contributed by atoms with E-state index in [1.165, 1.54) is 12.1 Å². The highest BCUT2D eigenvalue weighted by Gasteiger charge is 2.31. The van der Waals surface area contributed by atoms with E-state index in [-0.39, 0.29) is 30.1 Å². The van der Waals surface area contributed by atoms with Crippen molar-refractivity contribution in [1.29, 1.82) is 0 Å². The van der Waals surface area contributed by atoms with E-state index < -0.39 is 23.6 Å². The molecule has 0 atom stereocenters. The number of alkyl halides is 3. The molecule has 5 nitrogen and oxygen atoms in total. The van der Waals surface area contributed by atoms with E-state index in [2.05, 4.69) is 11.9 Å². The molecule has 0 aliphatic rings. The Kier molecular flexibility index (Phi) is 6.33. The lowest BCUT2D eigenvalue weighted by atomic mass is 10.1. The van der Waals surface area contributed by atoms with Crippen molar-refractivity contribution in [3.63, 3.8) is 0 Å². The highest BCUT2D eigenvalue weighted by molar-refractivity contribution is 6.08. The zero-order chi connectivity index (χ0) is 21.1. The van der Waals surface area contributed by atoms with Gasteiger partial charge in [-0.3, -0.25) is 4.79 Å². The summed E-state index contributed by atoms with van der Waals surface area (Å²) in [6, 6.07) is 4.36. The first-order chi connectivity index (χ1) is 13.1. The normalized spacial score (nSPS) is 11.2. The van der Waals surface area contributed by atoms with E-state index in [4.69, 9.17) is 4.74 Å². The van der Waals surface area contributed by atoms with Gasteiger partial charge in [-0.2, -0.15) is 13.2 Å². The van der Waals surface area contributed by atoms with Gasteiger partial charge in [0, 0.05) is 17.9 Å². The van der Waals surface area contributed by atoms with Gasteiger partial charge in [0.2, 0.25) is 0 Å². The smallest absolute Gasteiger partial charge is 0.416 e. The number of amides is 1. The van der Waals surface area contributed by atoms with Gasteiger partial charge in [-0.05, 0) is 44.5 Å². The number of carbonyl (C=O) groups excluding carboxylic acids is 2. The van der Waals surface area contributed by atoms with E-state index in [0.29, 0.717) is 11.3 Å². The van der Waals surface area contributed by atoms with Crippen molar-refractivity contribution in [3.05, 3.63) is 65.0 Å². The van der Waals surface area contributed by atoms with Crippen LogP contribution in [-0.4, -0.2) is 23.1 Å². The van der Waals surface area contributed by atoms with Crippen LogP contribution < -0.4 is 5.32 Å². The largest absolute Gasteiger partial charge is 0.461 e. The minimum absolute atomic E-state index is 0.00720. The van der Waals surface area contributed by atoms with Crippen molar-refractivity contribution < 1.29 is 27.5 Å². The standard InChI is InChI=1S/C20H21F3N2O3/c1-5-10-25-13(4)16(12(3)17(25)19(27)28-6-2)18(26)24-15-9-7-8-14(11-15)20(21,22)23/h5,7-9,11H,1,6,10H2,2-4H3,(H,24,26). The number of carbonyl (C=O) groups is 2. The molecule has 1 amide bonds. The van der Waals surface area contributed by atoms with Gasteiger partial charge in [-0.1, -0.05) is 12.1 Å². The van der Waals surface area contributed by atoms with E-state index in [1.54, 1.807) is 31.4 Å². The molecule has 0 aliphatic heterocycles. The van der Waals surface area contributed by atoms with E-state index in [9.17, 15) is 22.8 Å². The Balaban J connectivity index is 2.45. The molecule has 1 N–H and O–H groups in total. The van der Waals surface area contributed by atoms with Crippen LogP contribution in [0.2, 0.25) is 0 Å². The maximum atomic E-state index is 12.9. The minimum atomic E-state index is -4.52. The summed E-state index contributed by atoms with van der Waals surface area (Å²) in [5.41, 5.74) is 0.450. The van der Waals surface area contributed by atoms with Crippen LogP contribution in [0.4, 0.5) is 18.9 Å².